The summed E-state index contributed by atoms with van der Waals surface area (Å²) in [6.45, 7) is 31.7. The maximum absolute atomic E-state index is 13.2. The summed E-state index contributed by atoms with van der Waals surface area (Å²) in [6, 6.07) is 0.860. The number of nitrogens with zero attached hydrogens (tertiary/aromatic N) is 1. The van der Waals surface area contributed by atoms with E-state index in [-0.39, 0.29) is 65.4 Å². The van der Waals surface area contributed by atoms with Gasteiger partial charge in [0.15, 0.2) is 6.10 Å². The maximum Gasteiger partial charge on any atom is 0.407 e. The molecule has 65 heavy (non-hydrogen) atoms. The maximum atomic E-state index is 13.2. The van der Waals surface area contributed by atoms with Gasteiger partial charge in [-0.2, -0.15) is 0 Å². The molecule has 0 fully saturated rings. The van der Waals surface area contributed by atoms with Crippen molar-refractivity contribution < 1.29 is 52.5 Å². The Balaban J connectivity index is 2.48. The molecule has 6 N–H and O–H groups in total. The third-order valence-corrected chi connectivity index (χ3v) is 10.0. The highest BCUT2D eigenvalue weighted by molar-refractivity contribution is 5.87. The van der Waals surface area contributed by atoms with E-state index in [9.17, 15) is 33.6 Å². The van der Waals surface area contributed by atoms with Crippen molar-refractivity contribution in [3.63, 3.8) is 0 Å². The van der Waals surface area contributed by atoms with E-state index < -0.39 is 53.6 Å². The molecule has 1 rings (SSSR count). The molecule has 1 aromatic rings. The number of amides is 5. The number of nitrogens with one attached hydrogen (secondary N) is 6. The molecule has 0 saturated carbocycles. The van der Waals surface area contributed by atoms with Crippen LogP contribution in [0.25, 0.3) is 0 Å². The number of H-pyrrole nitrogens is 1. The average Bonchev–Trinajstić information content (AvgIpc) is 3.15. The first-order valence-electron chi connectivity index (χ1n) is 22.0. The summed E-state index contributed by atoms with van der Waals surface area (Å²) in [5.74, 6) is -1.32. The second-order valence-corrected chi connectivity index (χ2v) is 19.6. The van der Waals surface area contributed by atoms with Crippen molar-refractivity contribution in [2.24, 2.45) is 22.7 Å². The van der Waals surface area contributed by atoms with E-state index >= 15 is 0 Å². The highest BCUT2D eigenvalue weighted by atomic mass is 16.6. The molecular formula is C46H77N7O12. The number of hydrogen-bond acceptors (Lipinski definition) is 13. The average molecular weight is 920 g/mol. The second-order valence-electron chi connectivity index (χ2n) is 19.6. The van der Waals surface area contributed by atoms with E-state index in [4.69, 9.17) is 23.7 Å². The van der Waals surface area contributed by atoms with Crippen LogP contribution in [0.4, 0.5) is 20.3 Å². The van der Waals surface area contributed by atoms with Gasteiger partial charge >= 0.3 is 30.2 Å². The zero-order chi connectivity index (χ0) is 49.8. The predicted molar refractivity (Wildman–Crippen MR) is 247 cm³/mol. The van der Waals surface area contributed by atoms with Gasteiger partial charge in [0, 0.05) is 56.0 Å². The Bertz CT molecular complexity index is 1840. The Morgan fingerprint density at radius 2 is 1.46 bits per heavy atom. The lowest BCUT2D eigenvalue weighted by molar-refractivity contribution is -0.152. The minimum Gasteiger partial charge on any atom is -0.458 e. The van der Waals surface area contributed by atoms with Crippen LogP contribution in [0.2, 0.25) is 0 Å². The molecule has 1 heterocycles. The Labute approximate surface area is 384 Å². The van der Waals surface area contributed by atoms with Crippen LogP contribution < -0.4 is 32.1 Å². The van der Waals surface area contributed by atoms with Crippen LogP contribution in [0.3, 0.4) is 0 Å². The lowest BCUT2D eigenvalue weighted by Crippen LogP contribution is -2.47. The van der Waals surface area contributed by atoms with Gasteiger partial charge in [-0.1, -0.05) is 54.7 Å². The molecule has 368 valence electrons. The fraction of sp³-hybridized carbons (Fsp3) is 0.696. The summed E-state index contributed by atoms with van der Waals surface area (Å²) in [5.41, 5.74) is -2.29. The molecule has 1 aromatic heterocycles. The van der Waals surface area contributed by atoms with Crippen LogP contribution >= 0.6 is 0 Å². The molecule has 0 saturated heterocycles. The molecule has 0 aliphatic rings. The number of hydrogen-bond donors (Lipinski definition) is 6. The van der Waals surface area contributed by atoms with Crippen LogP contribution in [-0.4, -0.2) is 109 Å². The number of aromatic nitrogens is 2. The number of urea groups is 1. The van der Waals surface area contributed by atoms with Crippen molar-refractivity contribution in [3.05, 3.63) is 46.9 Å². The lowest BCUT2D eigenvalue weighted by atomic mass is 9.80. The van der Waals surface area contributed by atoms with E-state index in [1.54, 1.807) is 34.6 Å². The quantitative estimate of drug-likeness (QED) is 0.0310. The standard InChI is InChI=1S/C46H77N7O12/c1-16-36(55)61-26-34(27-62-37(56)29(2)3)63-41(59)50-28-44(10,11)22-30(4)17-19-47-38(57)46(14,15)64-33(7)24-45(12,13)65-42(60)48-20-18-43(8,9)23-31(5)25-49-40(58)53-39-51-32(6)21-35(54)52-39/h16,21,30-31,33-34H,1-2,17-20,22-28H2,3-15H3,(H,47,57)(H,48,60)(H,50,59)(H3,49,51,52,53,54,58). The number of esters is 2. The number of anilines is 1. The summed E-state index contributed by atoms with van der Waals surface area (Å²) in [7, 11) is 0. The first-order valence-corrected chi connectivity index (χ1v) is 22.0. The summed E-state index contributed by atoms with van der Waals surface area (Å²) in [4.78, 5) is 92.5. The van der Waals surface area contributed by atoms with Crippen LogP contribution in [0.1, 0.15) is 121 Å². The molecule has 4 atom stereocenters. The largest absolute Gasteiger partial charge is 0.458 e. The Kier molecular flexibility index (Phi) is 23.5. The van der Waals surface area contributed by atoms with E-state index in [1.165, 1.54) is 13.0 Å². The van der Waals surface area contributed by atoms with Crippen LogP contribution in [0, 0.1) is 29.6 Å². The molecule has 4 unspecified atom stereocenters. The van der Waals surface area contributed by atoms with Crippen molar-refractivity contribution in [2.45, 2.75) is 146 Å². The molecule has 0 bridgehead atoms. The number of rotatable bonds is 28. The van der Waals surface area contributed by atoms with Gasteiger partial charge in [0.2, 0.25) is 5.95 Å². The fourth-order valence-corrected chi connectivity index (χ4v) is 7.21. The normalized spacial score (nSPS) is 13.7. The van der Waals surface area contributed by atoms with Gasteiger partial charge < -0.3 is 45.0 Å². The Morgan fingerprint density at radius 3 is 2.08 bits per heavy atom. The number of aryl methyl sites for hydroxylation is 1. The zero-order valence-electron chi connectivity index (χ0n) is 41.0. The second kappa shape index (κ2) is 26.5. The van der Waals surface area contributed by atoms with E-state index in [0.717, 1.165) is 12.5 Å². The van der Waals surface area contributed by atoms with Crippen molar-refractivity contribution in [3.8, 4) is 0 Å². The van der Waals surface area contributed by atoms with Gasteiger partial charge in [-0.15, -0.1) is 0 Å². The molecular weight excluding hydrogens is 843 g/mol. The number of carbonyl (C=O) groups excluding carboxylic acids is 6. The fourth-order valence-electron chi connectivity index (χ4n) is 7.21. The molecule has 19 nitrogen and oxygen atoms in total. The third kappa shape index (κ3) is 25.6. The summed E-state index contributed by atoms with van der Waals surface area (Å²) < 4.78 is 27.3. The first kappa shape index (κ1) is 57.6. The van der Waals surface area contributed by atoms with E-state index in [2.05, 4.69) is 70.5 Å². The molecule has 0 aliphatic carbocycles. The Morgan fingerprint density at radius 1 is 0.831 bits per heavy atom. The van der Waals surface area contributed by atoms with Crippen molar-refractivity contribution in [1.29, 1.82) is 0 Å². The van der Waals surface area contributed by atoms with Gasteiger partial charge in [0.05, 0.1) is 6.10 Å². The van der Waals surface area contributed by atoms with Crippen LogP contribution in [0.15, 0.2) is 35.7 Å². The molecule has 0 radical (unpaired) electrons. The van der Waals surface area contributed by atoms with Crippen molar-refractivity contribution in [2.75, 3.05) is 44.7 Å². The SMILES string of the molecule is C=CC(=O)OCC(COC(=O)C(=C)C)OC(=O)NCC(C)(C)CC(C)CCNC(=O)C(C)(C)OC(C)CC(C)(C)OC(=O)NCCC(C)(C)CC(C)CNC(=O)Nc1nc(C)cc(=O)[nH]1. The van der Waals surface area contributed by atoms with Crippen LogP contribution in [0.5, 0.6) is 0 Å². The number of alkyl carbamates (subject to hydrolysis) is 2. The third-order valence-electron chi connectivity index (χ3n) is 10.0. The van der Waals surface area contributed by atoms with E-state index in [0.29, 0.717) is 51.0 Å². The van der Waals surface area contributed by atoms with Gasteiger partial charge in [-0.05, 0) is 96.8 Å². The molecule has 0 aromatic carbocycles. The zero-order valence-corrected chi connectivity index (χ0v) is 41.0. The van der Waals surface area contributed by atoms with Gasteiger partial charge in [0.1, 0.15) is 24.4 Å². The van der Waals surface area contributed by atoms with Crippen molar-refractivity contribution in [1.82, 2.24) is 31.2 Å². The highest BCUT2D eigenvalue weighted by Gasteiger charge is 2.34. The summed E-state index contributed by atoms with van der Waals surface area (Å²) in [6.07, 6.45) is 1.27. The highest BCUT2D eigenvalue weighted by Crippen LogP contribution is 2.29. The van der Waals surface area contributed by atoms with Gasteiger partial charge in [-0.3, -0.25) is 19.9 Å². The minimum atomic E-state index is -1.17. The van der Waals surface area contributed by atoms with E-state index in [1.807, 2.05) is 27.7 Å². The summed E-state index contributed by atoms with van der Waals surface area (Å²) in [5, 5.41) is 13.9. The summed E-state index contributed by atoms with van der Waals surface area (Å²) >= 11 is 0. The number of carbonyl (C=O) groups is 6. The molecule has 0 spiro atoms. The van der Waals surface area contributed by atoms with Gasteiger partial charge in [0.25, 0.3) is 11.5 Å². The molecule has 5 amide bonds. The monoisotopic (exact) mass is 920 g/mol. The predicted octanol–water partition coefficient (Wildman–Crippen LogP) is 6.22. The number of aromatic amines is 1. The topological polar surface area (TPSA) is 254 Å². The van der Waals surface area contributed by atoms with Crippen LogP contribution in [-0.2, 0) is 38.1 Å². The lowest BCUT2D eigenvalue weighted by Gasteiger charge is -2.33. The first-order chi connectivity index (χ1) is 29.9. The Hall–Kier alpha value is -5.46. The number of ether oxygens (including phenoxy) is 5. The smallest absolute Gasteiger partial charge is 0.407 e. The van der Waals surface area contributed by atoms with Gasteiger partial charge in [-0.25, -0.2) is 29.0 Å². The molecule has 19 heteroatoms. The van der Waals surface area contributed by atoms with Crippen molar-refractivity contribution >= 4 is 42.0 Å². The minimum absolute atomic E-state index is 0.0757. The molecule has 0 aliphatic heterocycles.